The van der Waals surface area contributed by atoms with E-state index in [-0.39, 0.29) is 24.7 Å². The summed E-state index contributed by atoms with van der Waals surface area (Å²) in [6, 6.07) is 9.55. The molecular formula is C17H19NO4. The molecule has 1 unspecified atom stereocenters. The second kappa shape index (κ2) is 6.32. The van der Waals surface area contributed by atoms with Gasteiger partial charge in [-0.2, -0.15) is 0 Å². The molecule has 0 saturated carbocycles. The van der Waals surface area contributed by atoms with Crippen molar-refractivity contribution in [1.29, 1.82) is 0 Å². The number of hydrogen-bond acceptors (Lipinski definition) is 4. The number of hydrogen-bond donors (Lipinski definition) is 0. The molecule has 0 radical (unpaired) electrons. The first-order chi connectivity index (χ1) is 10.7. The molecule has 116 valence electrons. The normalized spacial score (nSPS) is 22.1. The molecule has 2 heterocycles. The third-order valence-corrected chi connectivity index (χ3v) is 3.92. The molecule has 0 aliphatic carbocycles. The van der Waals surface area contributed by atoms with Crippen molar-refractivity contribution in [2.45, 2.75) is 39.0 Å². The van der Waals surface area contributed by atoms with Crippen LogP contribution in [-0.2, 0) is 25.7 Å². The lowest BCUT2D eigenvalue weighted by molar-refractivity contribution is -0.153. The number of benzene rings is 1. The number of carbonyl (C=O) groups is 2. The predicted molar refractivity (Wildman–Crippen MR) is 79.4 cm³/mol. The van der Waals surface area contributed by atoms with Crippen LogP contribution in [0.1, 0.15) is 31.7 Å². The lowest BCUT2D eigenvalue weighted by atomic mass is 10.1. The van der Waals surface area contributed by atoms with Crippen molar-refractivity contribution in [3.8, 4) is 0 Å². The van der Waals surface area contributed by atoms with Gasteiger partial charge in [-0.05, 0) is 12.0 Å². The van der Waals surface area contributed by atoms with E-state index in [4.69, 9.17) is 9.47 Å². The highest BCUT2D eigenvalue weighted by molar-refractivity contribution is 5.92. The summed E-state index contributed by atoms with van der Waals surface area (Å²) in [5, 5.41) is 0. The molecule has 5 nitrogen and oxygen atoms in total. The molecule has 1 atom stereocenters. The van der Waals surface area contributed by atoms with Crippen LogP contribution >= 0.6 is 0 Å². The van der Waals surface area contributed by atoms with E-state index in [0.29, 0.717) is 30.7 Å². The molecule has 0 N–H and O–H groups in total. The number of esters is 1. The van der Waals surface area contributed by atoms with E-state index in [1.165, 1.54) is 0 Å². The van der Waals surface area contributed by atoms with Gasteiger partial charge in [-0.1, -0.05) is 43.7 Å². The van der Waals surface area contributed by atoms with Crippen LogP contribution in [0.3, 0.4) is 0 Å². The Bertz CT molecular complexity index is 608. The Labute approximate surface area is 129 Å². The van der Waals surface area contributed by atoms with Crippen LogP contribution in [0.15, 0.2) is 41.6 Å². The van der Waals surface area contributed by atoms with Crippen LogP contribution in [-0.4, -0.2) is 29.6 Å². The van der Waals surface area contributed by atoms with Gasteiger partial charge in [0, 0.05) is 0 Å². The number of rotatable bonds is 5. The van der Waals surface area contributed by atoms with Gasteiger partial charge < -0.3 is 9.47 Å². The molecule has 3 rings (SSSR count). The minimum Gasteiger partial charge on any atom is -0.457 e. The van der Waals surface area contributed by atoms with Crippen molar-refractivity contribution in [1.82, 2.24) is 4.90 Å². The van der Waals surface area contributed by atoms with Gasteiger partial charge in [0.05, 0.1) is 24.3 Å². The first-order valence-electron chi connectivity index (χ1n) is 7.57. The van der Waals surface area contributed by atoms with Gasteiger partial charge in [-0.25, -0.2) is 4.79 Å². The van der Waals surface area contributed by atoms with Crippen LogP contribution in [0.2, 0.25) is 0 Å². The quantitative estimate of drug-likeness (QED) is 0.476. The zero-order chi connectivity index (χ0) is 15.5. The fourth-order valence-corrected chi connectivity index (χ4v) is 2.75. The van der Waals surface area contributed by atoms with Gasteiger partial charge in [-0.3, -0.25) is 9.69 Å². The fraction of sp³-hybridized carbons (Fsp3) is 0.412. The van der Waals surface area contributed by atoms with Crippen molar-refractivity contribution in [2.75, 3.05) is 6.61 Å². The van der Waals surface area contributed by atoms with E-state index < -0.39 is 0 Å². The Morgan fingerprint density at radius 2 is 2.14 bits per heavy atom. The highest BCUT2D eigenvalue weighted by Gasteiger charge is 2.46. The number of fused-ring (bicyclic) bond motifs is 1. The van der Waals surface area contributed by atoms with E-state index >= 15 is 0 Å². The summed E-state index contributed by atoms with van der Waals surface area (Å²) in [6.07, 6.45) is 1.62. The Hall–Kier alpha value is -2.14. The molecule has 1 amide bonds. The SMILES string of the molecule is CCCC(C(=O)OCc1ccccc1)=C1COC2CC(=O)N12. The zero-order valence-corrected chi connectivity index (χ0v) is 12.6. The molecule has 0 aromatic heterocycles. The first-order valence-corrected chi connectivity index (χ1v) is 7.57. The van der Waals surface area contributed by atoms with Crippen molar-refractivity contribution < 1.29 is 19.1 Å². The molecule has 1 aromatic carbocycles. The third kappa shape index (κ3) is 2.76. The molecule has 0 spiro atoms. The highest BCUT2D eigenvalue weighted by Crippen LogP contribution is 2.35. The monoisotopic (exact) mass is 301 g/mol. The Morgan fingerprint density at radius 3 is 2.82 bits per heavy atom. The van der Waals surface area contributed by atoms with Crippen LogP contribution in [0.5, 0.6) is 0 Å². The zero-order valence-electron chi connectivity index (χ0n) is 12.6. The molecule has 2 saturated heterocycles. The van der Waals surface area contributed by atoms with Gasteiger partial charge in [0.15, 0.2) is 0 Å². The smallest absolute Gasteiger partial charge is 0.336 e. The Kier molecular flexibility index (Phi) is 4.24. The van der Waals surface area contributed by atoms with Crippen LogP contribution in [0, 0.1) is 0 Å². The first kappa shape index (κ1) is 14.8. The van der Waals surface area contributed by atoms with Crippen LogP contribution in [0.25, 0.3) is 0 Å². The second-order valence-electron chi connectivity index (χ2n) is 5.47. The number of β-lactam (4-membered cyclic amide) rings is 1. The number of nitrogens with zero attached hydrogens (tertiary/aromatic N) is 1. The summed E-state index contributed by atoms with van der Waals surface area (Å²) < 4.78 is 10.9. The lowest BCUT2D eigenvalue weighted by Crippen LogP contribution is -2.48. The molecule has 1 aromatic rings. The maximum Gasteiger partial charge on any atom is 0.336 e. The number of carbonyl (C=O) groups excluding carboxylic acids is 2. The average molecular weight is 301 g/mol. The van der Waals surface area contributed by atoms with Gasteiger partial charge >= 0.3 is 5.97 Å². The number of amides is 1. The van der Waals surface area contributed by atoms with Crippen molar-refractivity contribution in [2.24, 2.45) is 0 Å². The summed E-state index contributed by atoms with van der Waals surface area (Å²) in [4.78, 5) is 25.7. The van der Waals surface area contributed by atoms with E-state index in [0.717, 1.165) is 12.0 Å². The Balaban J connectivity index is 1.73. The highest BCUT2D eigenvalue weighted by atomic mass is 16.5. The minimum atomic E-state index is -0.357. The van der Waals surface area contributed by atoms with Gasteiger partial charge in [0.2, 0.25) is 5.91 Å². The summed E-state index contributed by atoms with van der Waals surface area (Å²) in [5.41, 5.74) is 2.19. The Morgan fingerprint density at radius 1 is 1.36 bits per heavy atom. The number of ether oxygens (including phenoxy) is 2. The minimum absolute atomic E-state index is 0.0157. The molecule has 5 heteroatoms. The van der Waals surface area contributed by atoms with E-state index in [1.807, 2.05) is 37.3 Å². The third-order valence-electron chi connectivity index (χ3n) is 3.92. The summed E-state index contributed by atoms with van der Waals surface area (Å²) in [5.74, 6) is -0.341. The maximum absolute atomic E-state index is 12.4. The molecule has 2 fully saturated rings. The second-order valence-corrected chi connectivity index (χ2v) is 5.47. The summed E-state index contributed by atoms with van der Waals surface area (Å²) >= 11 is 0. The predicted octanol–water partition coefficient (Wildman–Crippen LogP) is 2.37. The van der Waals surface area contributed by atoms with Gasteiger partial charge in [0.1, 0.15) is 12.8 Å². The van der Waals surface area contributed by atoms with Gasteiger partial charge in [0.25, 0.3) is 0 Å². The van der Waals surface area contributed by atoms with E-state index in [2.05, 4.69) is 0 Å². The van der Waals surface area contributed by atoms with Crippen molar-refractivity contribution in [3.05, 3.63) is 47.2 Å². The lowest BCUT2D eigenvalue weighted by Gasteiger charge is -2.33. The molecular weight excluding hydrogens is 282 g/mol. The topological polar surface area (TPSA) is 55.8 Å². The summed E-state index contributed by atoms with van der Waals surface area (Å²) in [6.45, 7) is 2.54. The van der Waals surface area contributed by atoms with Crippen molar-refractivity contribution in [3.63, 3.8) is 0 Å². The fourth-order valence-electron chi connectivity index (χ4n) is 2.75. The molecule has 2 aliphatic heterocycles. The van der Waals surface area contributed by atoms with Gasteiger partial charge in [-0.15, -0.1) is 0 Å². The van der Waals surface area contributed by atoms with E-state index in [1.54, 1.807) is 4.90 Å². The van der Waals surface area contributed by atoms with Crippen LogP contribution < -0.4 is 0 Å². The molecule has 0 bridgehead atoms. The maximum atomic E-state index is 12.4. The molecule has 22 heavy (non-hydrogen) atoms. The average Bonchev–Trinajstić information content (AvgIpc) is 2.87. The van der Waals surface area contributed by atoms with E-state index in [9.17, 15) is 9.59 Å². The standard InChI is InChI=1S/C17H19NO4/c1-2-6-13(14-11-21-16-9-15(19)18(14)16)17(20)22-10-12-7-4-3-5-8-12/h3-5,7-8,16H,2,6,9-11H2,1H3. The van der Waals surface area contributed by atoms with Crippen LogP contribution in [0.4, 0.5) is 0 Å². The largest absolute Gasteiger partial charge is 0.457 e. The summed E-state index contributed by atoms with van der Waals surface area (Å²) in [7, 11) is 0. The molecule has 2 aliphatic rings. The van der Waals surface area contributed by atoms with Crippen molar-refractivity contribution >= 4 is 11.9 Å².